The molecule has 0 saturated heterocycles. The minimum absolute atomic E-state index is 0.170. The molecule has 1 aliphatic carbocycles. The summed E-state index contributed by atoms with van der Waals surface area (Å²) >= 11 is 0. The number of nitriles is 1. The predicted molar refractivity (Wildman–Crippen MR) is 60.0 cm³/mol. The molecule has 0 bridgehead atoms. The Morgan fingerprint density at radius 2 is 2.20 bits per heavy atom. The van der Waals surface area contributed by atoms with Gasteiger partial charge < -0.3 is 0 Å². The molecule has 1 saturated carbocycles. The highest BCUT2D eigenvalue weighted by Gasteiger charge is 2.38. The highest BCUT2D eigenvalue weighted by Crippen LogP contribution is 2.43. The van der Waals surface area contributed by atoms with Gasteiger partial charge in [0.2, 0.25) is 0 Å². The summed E-state index contributed by atoms with van der Waals surface area (Å²) in [6.07, 6.45) is 3.30. The van der Waals surface area contributed by atoms with Crippen LogP contribution in [0, 0.1) is 22.7 Å². The van der Waals surface area contributed by atoms with E-state index < -0.39 is 9.84 Å². The number of sulfone groups is 1. The third kappa shape index (κ3) is 3.20. The Balaban J connectivity index is 2.61. The molecule has 3 nitrogen and oxygen atoms in total. The first-order valence-corrected chi connectivity index (χ1v) is 7.37. The summed E-state index contributed by atoms with van der Waals surface area (Å²) in [6.45, 7) is 3.79. The molecule has 86 valence electrons. The average Bonchev–Trinajstić information content (AvgIpc) is 2.59. The normalized spacial score (nSPS) is 31.4. The van der Waals surface area contributed by atoms with Crippen molar-refractivity contribution in [3.63, 3.8) is 0 Å². The Morgan fingerprint density at radius 3 is 2.60 bits per heavy atom. The van der Waals surface area contributed by atoms with Crippen molar-refractivity contribution in [3.05, 3.63) is 0 Å². The van der Waals surface area contributed by atoms with E-state index in [1.165, 1.54) is 0 Å². The van der Waals surface area contributed by atoms with E-state index >= 15 is 0 Å². The maximum absolute atomic E-state index is 11.4. The largest absolute Gasteiger partial charge is 0.229 e. The van der Waals surface area contributed by atoms with Gasteiger partial charge in [0.1, 0.15) is 9.84 Å². The van der Waals surface area contributed by atoms with Crippen LogP contribution in [0.4, 0.5) is 0 Å². The van der Waals surface area contributed by atoms with Gasteiger partial charge in [0, 0.05) is 5.75 Å². The Hall–Kier alpha value is -0.560. The van der Waals surface area contributed by atoms with E-state index in [0.717, 1.165) is 19.3 Å². The highest BCUT2D eigenvalue weighted by molar-refractivity contribution is 7.91. The number of rotatable bonds is 4. The summed E-state index contributed by atoms with van der Waals surface area (Å²) in [5, 5.41) is 9.16. The fourth-order valence-corrected chi connectivity index (χ4v) is 3.26. The minimum atomic E-state index is -2.92. The van der Waals surface area contributed by atoms with E-state index in [4.69, 9.17) is 5.26 Å². The average molecular weight is 229 g/mol. The molecule has 0 aromatic carbocycles. The van der Waals surface area contributed by atoms with E-state index in [2.05, 4.69) is 13.0 Å². The fourth-order valence-electron chi connectivity index (χ4n) is 2.27. The molecule has 1 fully saturated rings. The first-order valence-electron chi connectivity index (χ1n) is 5.55. The van der Waals surface area contributed by atoms with Gasteiger partial charge in [-0.25, -0.2) is 8.42 Å². The predicted octanol–water partition coefficient (Wildman–Crippen LogP) is 2.14. The van der Waals surface area contributed by atoms with E-state index in [1.54, 1.807) is 6.92 Å². The van der Waals surface area contributed by atoms with Crippen LogP contribution in [-0.2, 0) is 9.84 Å². The summed E-state index contributed by atoms with van der Waals surface area (Å²) in [6, 6.07) is 2.34. The monoisotopic (exact) mass is 229 g/mol. The molecule has 0 amide bonds. The summed E-state index contributed by atoms with van der Waals surface area (Å²) in [5.74, 6) is 0.919. The topological polar surface area (TPSA) is 57.9 Å². The van der Waals surface area contributed by atoms with Crippen LogP contribution in [0.1, 0.15) is 39.5 Å². The second-order valence-electron chi connectivity index (χ2n) is 4.73. The summed E-state index contributed by atoms with van der Waals surface area (Å²) in [5.41, 5.74) is -0.359. The van der Waals surface area contributed by atoms with Gasteiger partial charge in [-0.15, -0.1) is 0 Å². The van der Waals surface area contributed by atoms with Crippen molar-refractivity contribution >= 4 is 9.84 Å². The zero-order valence-electron chi connectivity index (χ0n) is 9.49. The lowest BCUT2D eigenvalue weighted by Crippen LogP contribution is -2.20. The van der Waals surface area contributed by atoms with Crippen LogP contribution in [0.2, 0.25) is 0 Å². The van der Waals surface area contributed by atoms with Crippen molar-refractivity contribution in [2.75, 3.05) is 11.5 Å². The molecule has 0 aliphatic heterocycles. The van der Waals surface area contributed by atoms with Gasteiger partial charge in [-0.05, 0) is 31.6 Å². The van der Waals surface area contributed by atoms with Crippen LogP contribution < -0.4 is 0 Å². The van der Waals surface area contributed by atoms with E-state index in [0.29, 0.717) is 12.3 Å². The molecule has 4 heteroatoms. The number of hydrogen-bond acceptors (Lipinski definition) is 3. The fraction of sp³-hybridized carbons (Fsp3) is 0.909. The molecule has 0 spiro atoms. The first kappa shape index (κ1) is 12.5. The van der Waals surface area contributed by atoms with Crippen molar-refractivity contribution in [2.45, 2.75) is 39.5 Å². The lowest BCUT2D eigenvalue weighted by Gasteiger charge is -2.19. The van der Waals surface area contributed by atoms with Crippen LogP contribution in [0.3, 0.4) is 0 Å². The van der Waals surface area contributed by atoms with Crippen LogP contribution in [0.15, 0.2) is 0 Å². The highest BCUT2D eigenvalue weighted by atomic mass is 32.2. The molecule has 2 unspecified atom stereocenters. The Morgan fingerprint density at radius 1 is 1.53 bits per heavy atom. The van der Waals surface area contributed by atoms with Gasteiger partial charge >= 0.3 is 0 Å². The molecule has 15 heavy (non-hydrogen) atoms. The van der Waals surface area contributed by atoms with E-state index in [9.17, 15) is 8.42 Å². The molecule has 0 aromatic heterocycles. The molecular weight excluding hydrogens is 210 g/mol. The quantitative estimate of drug-likeness (QED) is 0.742. The molecular formula is C11H19NO2S. The molecule has 0 radical (unpaired) electrons. The summed E-state index contributed by atoms with van der Waals surface area (Å²) < 4.78 is 22.8. The van der Waals surface area contributed by atoms with Crippen LogP contribution >= 0.6 is 0 Å². The van der Waals surface area contributed by atoms with Crippen molar-refractivity contribution in [3.8, 4) is 6.07 Å². The molecule has 0 aromatic rings. The van der Waals surface area contributed by atoms with Gasteiger partial charge in [-0.1, -0.05) is 13.8 Å². The zero-order valence-corrected chi connectivity index (χ0v) is 10.3. The van der Waals surface area contributed by atoms with Gasteiger partial charge in [0.25, 0.3) is 0 Å². The van der Waals surface area contributed by atoms with E-state index in [-0.39, 0.29) is 16.9 Å². The summed E-state index contributed by atoms with van der Waals surface area (Å²) in [4.78, 5) is 0. The van der Waals surface area contributed by atoms with Crippen LogP contribution in [0.25, 0.3) is 0 Å². The molecule has 1 aliphatic rings. The Labute approximate surface area is 92.4 Å². The van der Waals surface area contributed by atoms with Gasteiger partial charge in [-0.2, -0.15) is 5.26 Å². The maximum atomic E-state index is 11.4. The Kier molecular flexibility index (Phi) is 3.77. The lowest BCUT2D eigenvalue weighted by atomic mass is 9.84. The minimum Gasteiger partial charge on any atom is -0.229 e. The van der Waals surface area contributed by atoms with Crippen molar-refractivity contribution in [2.24, 2.45) is 11.3 Å². The zero-order chi connectivity index (χ0) is 11.5. The SMILES string of the molecule is CCS(=O)(=O)CCC1(C#N)CCC(C)C1. The third-order valence-electron chi connectivity index (χ3n) is 3.42. The smallest absolute Gasteiger partial charge is 0.150 e. The summed E-state index contributed by atoms with van der Waals surface area (Å²) in [7, 11) is -2.92. The van der Waals surface area contributed by atoms with E-state index in [1.807, 2.05) is 0 Å². The number of nitrogens with zero attached hydrogens (tertiary/aromatic N) is 1. The van der Waals surface area contributed by atoms with Crippen molar-refractivity contribution in [1.82, 2.24) is 0 Å². The molecule has 2 atom stereocenters. The second kappa shape index (κ2) is 4.52. The molecule has 0 heterocycles. The van der Waals surface area contributed by atoms with Crippen molar-refractivity contribution in [1.29, 1.82) is 5.26 Å². The number of hydrogen-bond donors (Lipinski definition) is 0. The van der Waals surface area contributed by atoms with Crippen LogP contribution in [-0.4, -0.2) is 19.9 Å². The third-order valence-corrected chi connectivity index (χ3v) is 5.13. The molecule has 1 rings (SSSR count). The second-order valence-corrected chi connectivity index (χ2v) is 7.20. The first-order chi connectivity index (χ1) is 6.93. The van der Waals surface area contributed by atoms with Gasteiger partial charge in [-0.3, -0.25) is 0 Å². The maximum Gasteiger partial charge on any atom is 0.150 e. The van der Waals surface area contributed by atoms with Crippen LogP contribution in [0.5, 0.6) is 0 Å². The van der Waals surface area contributed by atoms with Gasteiger partial charge in [0.05, 0.1) is 17.2 Å². The lowest BCUT2D eigenvalue weighted by molar-refractivity contribution is 0.379. The van der Waals surface area contributed by atoms with Gasteiger partial charge in [0.15, 0.2) is 0 Å². The molecule has 0 N–H and O–H groups in total. The Bertz CT molecular complexity index is 355. The van der Waals surface area contributed by atoms with Crippen molar-refractivity contribution < 1.29 is 8.42 Å². The standard InChI is InChI=1S/C11H19NO2S/c1-3-15(13,14)7-6-11(9-12)5-4-10(2)8-11/h10H,3-8H2,1-2H3.